The van der Waals surface area contributed by atoms with Crippen LogP contribution in [-0.2, 0) is 4.74 Å². The standard InChI is InChI=1S/C7H9N3O2/c1-5(12-7(8)11)6-2-9-4-10-3-6/h2-5H,1H3,(H2,8,11). The molecule has 1 amide bonds. The third-order valence-electron chi connectivity index (χ3n) is 1.34. The van der Waals surface area contributed by atoms with Gasteiger partial charge in [0.2, 0.25) is 0 Å². The van der Waals surface area contributed by atoms with E-state index in [1.807, 2.05) is 0 Å². The van der Waals surface area contributed by atoms with Gasteiger partial charge in [0.15, 0.2) is 0 Å². The van der Waals surface area contributed by atoms with E-state index in [-0.39, 0.29) is 0 Å². The molecule has 1 aromatic heterocycles. The highest BCUT2D eigenvalue weighted by Gasteiger charge is 2.08. The Balaban J connectivity index is 2.65. The number of carbonyl (C=O) groups excluding carboxylic acids is 1. The molecule has 5 heteroatoms. The summed E-state index contributed by atoms with van der Waals surface area (Å²) in [7, 11) is 0. The van der Waals surface area contributed by atoms with Gasteiger partial charge >= 0.3 is 6.09 Å². The van der Waals surface area contributed by atoms with E-state index in [0.29, 0.717) is 0 Å². The minimum absolute atomic E-state index is 0.399. The zero-order valence-electron chi connectivity index (χ0n) is 6.60. The zero-order valence-corrected chi connectivity index (χ0v) is 6.60. The molecule has 0 aliphatic heterocycles. The molecule has 5 nitrogen and oxygen atoms in total. The molecular formula is C7H9N3O2. The lowest BCUT2D eigenvalue weighted by atomic mass is 10.2. The highest BCUT2D eigenvalue weighted by atomic mass is 16.6. The topological polar surface area (TPSA) is 78.1 Å². The van der Waals surface area contributed by atoms with Crippen LogP contribution in [0.15, 0.2) is 18.7 Å². The van der Waals surface area contributed by atoms with Crippen LogP contribution < -0.4 is 5.73 Å². The van der Waals surface area contributed by atoms with Crippen LogP contribution in [0.1, 0.15) is 18.6 Å². The van der Waals surface area contributed by atoms with Crippen molar-refractivity contribution in [1.29, 1.82) is 0 Å². The summed E-state index contributed by atoms with van der Waals surface area (Å²) in [4.78, 5) is 17.9. The maximum absolute atomic E-state index is 10.3. The van der Waals surface area contributed by atoms with Crippen molar-refractivity contribution in [3.05, 3.63) is 24.3 Å². The van der Waals surface area contributed by atoms with E-state index in [4.69, 9.17) is 10.5 Å². The van der Waals surface area contributed by atoms with Gasteiger partial charge in [-0.2, -0.15) is 0 Å². The highest BCUT2D eigenvalue weighted by Crippen LogP contribution is 2.12. The van der Waals surface area contributed by atoms with Crippen molar-refractivity contribution >= 4 is 6.09 Å². The number of hydrogen-bond donors (Lipinski definition) is 1. The van der Waals surface area contributed by atoms with Crippen molar-refractivity contribution in [3.63, 3.8) is 0 Å². The molecule has 12 heavy (non-hydrogen) atoms. The second-order valence-corrected chi connectivity index (χ2v) is 2.25. The normalized spacial score (nSPS) is 12.1. The van der Waals surface area contributed by atoms with E-state index >= 15 is 0 Å². The molecule has 0 aliphatic rings. The van der Waals surface area contributed by atoms with Crippen LogP contribution in [0.3, 0.4) is 0 Å². The fourth-order valence-corrected chi connectivity index (χ4v) is 0.763. The molecule has 2 N–H and O–H groups in total. The molecule has 0 saturated carbocycles. The Morgan fingerprint density at radius 3 is 2.67 bits per heavy atom. The number of carbonyl (C=O) groups is 1. The summed E-state index contributed by atoms with van der Waals surface area (Å²) in [6, 6.07) is 0. The van der Waals surface area contributed by atoms with Crippen molar-refractivity contribution in [2.75, 3.05) is 0 Å². The predicted molar refractivity (Wildman–Crippen MR) is 41.1 cm³/mol. The third kappa shape index (κ3) is 2.19. The Kier molecular flexibility index (Phi) is 2.57. The minimum atomic E-state index is -0.800. The number of ether oxygens (including phenoxy) is 1. The second-order valence-electron chi connectivity index (χ2n) is 2.25. The maximum atomic E-state index is 10.3. The first-order valence-corrected chi connectivity index (χ1v) is 3.41. The molecule has 0 bridgehead atoms. The second kappa shape index (κ2) is 3.66. The monoisotopic (exact) mass is 167 g/mol. The number of nitrogens with two attached hydrogens (primary N) is 1. The molecule has 64 valence electrons. The summed E-state index contributed by atoms with van der Waals surface area (Å²) in [5.74, 6) is 0. The van der Waals surface area contributed by atoms with Crippen molar-refractivity contribution < 1.29 is 9.53 Å². The molecule has 0 saturated heterocycles. The van der Waals surface area contributed by atoms with Crippen molar-refractivity contribution in [3.8, 4) is 0 Å². The smallest absolute Gasteiger partial charge is 0.405 e. The molecule has 0 aliphatic carbocycles. The fourth-order valence-electron chi connectivity index (χ4n) is 0.763. The largest absolute Gasteiger partial charge is 0.442 e. The van der Waals surface area contributed by atoms with Crippen molar-refractivity contribution in [2.45, 2.75) is 13.0 Å². The third-order valence-corrected chi connectivity index (χ3v) is 1.34. The van der Waals surface area contributed by atoms with E-state index in [1.54, 1.807) is 19.3 Å². The Morgan fingerprint density at radius 2 is 2.17 bits per heavy atom. The molecule has 0 fully saturated rings. The summed E-state index contributed by atoms with van der Waals surface area (Å²) in [5, 5.41) is 0. The van der Waals surface area contributed by atoms with Gasteiger partial charge in [-0.05, 0) is 6.92 Å². The van der Waals surface area contributed by atoms with Gasteiger partial charge in [-0.15, -0.1) is 0 Å². The van der Waals surface area contributed by atoms with Gasteiger partial charge in [0.25, 0.3) is 0 Å². The Hall–Kier alpha value is -1.65. The van der Waals surface area contributed by atoms with Crippen LogP contribution in [0, 0.1) is 0 Å². The molecule has 1 aromatic rings. The van der Waals surface area contributed by atoms with E-state index in [2.05, 4.69) is 9.97 Å². The number of primary amides is 1. The average molecular weight is 167 g/mol. The Labute approximate surface area is 69.6 Å². The lowest BCUT2D eigenvalue weighted by Gasteiger charge is -2.09. The summed E-state index contributed by atoms with van der Waals surface area (Å²) in [6.45, 7) is 1.70. The summed E-state index contributed by atoms with van der Waals surface area (Å²) in [6.07, 6.45) is 3.34. The minimum Gasteiger partial charge on any atom is -0.442 e. The molecule has 1 atom stereocenters. The van der Waals surface area contributed by atoms with Crippen LogP contribution in [0.2, 0.25) is 0 Å². The SMILES string of the molecule is CC(OC(N)=O)c1cncnc1. The summed E-state index contributed by atoms with van der Waals surface area (Å²) >= 11 is 0. The summed E-state index contributed by atoms with van der Waals surface area (Å²) in [5.41, 5.74) is 5.55. The van der Waals surface area contributed by atoms with Gasteiger partial charge in [-0.3, -0.25) is 0 Å². The first kappa shape index (κ1) is 8.45. The number of nitrogens with zero attached hydrogens (tertiary/aromatic N) is 2. The van der Waals surface area contributed by atoms with Crippen LogP contribution in [0.25, 0.3) is 0 Å². The zero-order chi connectivity index (χ0) is 8.97. The maximum Gasteiger partial charge on any atom is 0.405 e. The van der Waals surface area contributed by atoms with Gasteiger partial charge in [0.1, 0.15) is 12.4 Å². The van der Waals surface area contributed by atoms with E-state index in [1.165, 1.54) is 6.33 Å². The van der Waals surface area contributed by atoms with Gasteiger partial charge in [-0.1, -0.05) is 0 Å². The molecule has 0 radical (unpaired) electrons. The molecule has 0 spiro atoms. The van der Waals surface area contributed by atoms with Gasteiger partial charge in [-0.25, -0.2) is 14.8 Å². The van der Waals surface area contributed by atoms with Crippen LogP contribution in [-0.4, -0.2) is 16.1 Å². The van der Waals surface area contributed by atoms with Crippen LogP contribution in [0.5, 0.6) is 0 Å². The lowest BCUT2D eigenvalue weighted by Crippen LogP contribution is -2.15. The van der Waals surface area contributed by atoms with Gasteiger partial charge < -0.3 is 10.5 Å². The van der Waals surface area contributed by atoms with Crippen molar-refractivity contribution in [2.24, 2.45) is 5.73 Å². The Morgan fingerprint density at radius 1 is 1.58 bits per heavy atom. The van der Waals surface area contributed by atoms with E-state index in [0.717, 1.165) is 5.56 Å². The lowest BCUT2D eigenvalue weighted by molar-refractivity contribution is 0.116. The molecule has 1 unspecified atom stereocenters. The molecular weight excluding hydrogens is 158 g/mol. The fraction of sp³-hybridized carbons (Fsp3) is 0.286. The van der Waals surface area contributed by atoms with Crippen LogP contribution in [0.4, 0.5) is 4.79 Å². The van der Waals surface area contributed by atoms with Crippen LogP contribution >= 0.6 is 0 Å². The Bertz CT molecular complexity index is 263. The number of amides is 1. The molecule has 0 aromatic carbocycles. The number of aromatic nitrogens is 2. The number of hydrogen-bond acceptors (Lipinski definition) is 4. The first-order chi connectivity index (χ1) is 5.70. The molecule has 1 rings (SSSR count). The van der Waals surface area contributed by atoms with E-state index < -0.39 is 12.2 Å². The predicted octanol–water partition coefficient (Wildman–Crippen LogP) is 0.633. The highest BCUT2D eigenvalue weighted by molar-refractivity contribution is 5.64. The van der Waals surface area contributed by atoms with Crippen molar-refractivity contribution in [1.82, 2.24) is 9.97 Å². The quantitative estimate of drug-likeness (QED) is 0.700. The molecule has 1 heterocycles. The number of rotatable bonds is 2. The average Bonchev–Trinajstić information content (AvgIpc) is 2.05. The van der Waals surface area contributed by atoms with Gasteiger partial charge in [0.05, 0.1) is 0 Å². The van der Waals surface area contributed by atoms with Gasteiger partial charge in [0, 0.05) is 18.0 Å². The first-order valence-electron chi connectivity index (χ1n) is 3.41. The summed E-state index contributed by atoms with van der Waals surface area (Å²) < 4.78 is 4.70. The van der Waals surface area contributed by atoms with E-state index in [9.17, 15) is 4.79 Å².